The molecule has 8 heteroatoms. The normalized spacial score (nSPS) is 11.6. The van der Waals surface area contributed by atoms with E-state index in [2.05, 4.69) is 15.1 Å². The molecule has 0 aliphatic carbocycles. The summed E-state index contributed by atoms with van der Waals surface area (Å²) in [5.74, 6) is 0.752. The maximum atomic E-state index is 12.8. The predicted molar refractivity (Wildman–Crippen MR) is 103 cm³/mol. The van der Waals surface area contributed by atoms with E-state index in [1.54, 1.807) is 12.4 Å². The average molecular weight is 413 g/mol. The molecule has 29 heavy (non-hydrogen) atoms. The fraction of sp³-hybridized carbons (Fsp3) is 0.0952. The summed E-state index contributed by atoms with van der Waals surface area (Å²) in [6, 6.07) is 14.3. The molecule has 0 spiro atoms. The molecule has 2 aromatic heterocycles. The van der Waals surface area contributed by atoms with Crippen molar-refractivity contribution < 1.29 is 17.7 Å². The van der Waals surface area contributed by atoms with E-state index in [9.17, 15) is 13.2 Å². The first-order valence-electron chi connectivity index (χ1n) is 8.60. The zero-order chi connectivity index (χ0) is 20.4. The predicted octanol–water partition coefficient (Wildman–Crippen LogP) is 6.28. The van der Waals surface area contributed by atoms with Crippen molar-refractivity contribution in [3.63, 3.8) is 0 Å². The van der Waals surface area contributed by atoms with Gasteiger partial charge in [-0.25, -0.2) is 0 Å². The van der Waals surface area contributed by atoms with Gasteiger partial charge >= 0.3 is 6.18 Å². The SMILES string of the molecule is Cc1cncc(-c2noc(-c3ccccc3Sc3ccc(C(F)(F)F)cc3)n2)c1. The smallest absolute Gasteiger partial charge is 0.334 e. The van der Waals surface area contributed by atoms with Crippen molar-refractivity contribution in [1.82, 2.24) is 15.1 Å². The highest BCUT2D eigenvalue weighted by Crippen LogP contribution is 2.37. The van der Waals surface area contributed by atoms with E-state index in [0.717, 1.165) is 28.2 Å². The second-order valence-electron chi connectivity index (χ2n) is 6.29. The van der Waals surface area contributed by atoms with E-state index in [0.29, 0.717) is 22.2 Å². The van der Waals surface area contributed by atoms with Crippen molar-refractivity contribution in [3.05, 3.63) is 78.1 Å². The van der Waals surface area contributed by atoms with Gasteiger partial charge in [-0.2, -0.15) is 18.2 Å². The first-order valence-corrected chi connectivity index (χ1v) is 9.42. The molecular formula is C21H14F3N3OS. The van der Waals surface area contributed by atoms with Crippen LogP contribution in [0.1, 0.15) is 11.1 Å². The van der Waals surface area contributed by atoms with Gasteiger partial charge in [0, 0.05) is 27.7 Å². The summed E-state index contributed by atoms with van der Waals surface area (Å²) in [4.78, 5) is 10.1. The summed E-state index contributed by atoms with van der Waals surface area (Å²) in [7, 11) is 0. The van der Waals surface area contributed by atoms with Gasteiger partial charge in [0.05, 0.1) is 11.1 Å². The summed E-state index contributed by atoms with van der Waals surface area (Å²) in [5.41, 5.74) is 1.75. The zero-order valence-electron chi connectivity index (χ0n) is 15.1. The van der Waals surface area contributed by atoms with Gasteiger partial charge in [0.15, 0.2) is 0 Å². The third kappa shape index (κ3) is 4.32. The van der Waals surface area contributed by atoms with Crippen molar-refractivity contribution in [2.45, 2.75) is 22.9 Å². The Morgan fingerprint density at radius 2 is 1.72 bits per heavy atom. The Kier molecular flexibility index (Phi) is 5.10. The summed E-state index contributed by atoms with van der Waals surface area (Å²) in [5, 5.41) is 4.03. The van der Waals surface area contributed by atoms with Crippen LogP contribution in [0.15, 0.2) is 81.3 Å². The number of nitrogens with zero attached hydrogens (tertiary/aromatic N) is 3. The van der Waals surface area contributed by atoms with E-state index in [4.69, 9.17) is 4.52 Å². The minimum Gasteiger partial charge on any atom is -0.334 e. The van der Waals surface area contributed by atoms with Crippen LogP contribution in [-0.2, 0) is 6.18 Å². The zero-order valence-corrected chi connectivity index (χ0v) is 16.0. The van der Waals surface area contributed by atoms with Gasteiger partial charge in [0.1, 0.15) is 0 Å². The van der Waals surface area contributed by atoms with Crippen LogP contribution in [0.2, 0.25) is 0 Å². The maximum absolute atomic E-state index is 12.8. The molecule has 0 N–H and O–H groups in total. The van der Waals surface area contributed by atoms with Crippen LogP contribution < -0.4 is 0 Å². The molecule has 0 aliphatic rings. The van der Waals surface area contributed by atoms with Gasteiger partial charge < -0.3 is 4.52 Å². The summed E-state index contributed by atoms with van der Waals surface area (Å²) in [6.07, 6.45) is -0.961. The Balaban J connectivity index is 1.62. The number of benzene rings is 2. The van der Waals surface area contributed by atoms with Crippen LogP contribution in [0.25, 0.3) is 22.8 Å². The molecule has 2 aromatic carbocycles. The number of hydrogen-bond donors (Lipinski definition) is 0. The van der Waals surface area contributed by atoms with Gasteiger partial charge in [0.25, 0.3) is 5.89 Å². The quantitative estimate of drug-likeness (QED) is 0.394. The number of aryl methyl sites for hydroxylation is 1. The highest BCUT2D eigenvalue weighted by Gasteiger charge is 2.30. The lowest BCUT2D eigenvalue weighted by atomic mass is 10.2. The molecule has 4 rings (SSSR count). The van der Waals surface area contributed by atoms with E-state index in [-0.39, 0.29) is 0 Å². The number of pyridine rings is 1. The first-order chi connectivity index (χ1) is 13.9. The van der Waals surface area contributed by atoms with E-state index >= 15 is 0 Å². The Labute approximate surface area is 168 Å². The summed E-state index contributed by atoms with van der Waals surface area (Å²) < 4.78 is 43.7. The minimum absolute atomic E-state index is 0.330. The van der Waals surface area contributed by atoms with Crippen molar-refractivity contribution in [2.75, 3.05) is 0 Å². The molecule has 0 fully saturated rings. The van der Waals surface area contributed by atoms with Gasteiger partial charge in [-0.05, 0) is 55.0 Å². The molecule has 0 saturated heterocycles. The number of alkyl halides is 3. The van der Waals surface area contributed by atoms with Gasteiger partial charge in [0.2, 0.25) is 5.82 Å². The van der Waals surface area contributed by atoms with Crippen molar-refractivity contribution in [1.29, 1.82) is 0 Å². The number of hydrogen-bond acceptors (Lipinski definition) is 5. The van der Waals surface area contributed by atoms with E-state index < -0.39 is 11.7 Å². The van der Waals surface area contributed by atoms with Gasteiger partial charge in [-0.15, -0.1) is 0 Å². The summed E-state index contributed by atoms with van der Waals surface area (Å²) in [6.45, 7) is 1.92. The Morgan fingerprint density at radius 3 is 2.45 bits per heavy atom. The lowest BCUT2D eigenvalue weighted by Crippen LogP contribution is -2.03. The molecule has 4 nitrogen and oxygen atoms in total. The first kappa shape index (κ1) is 19.2. The highest BCUT2D eigenvalue weighted by molar-refractivity contribution is 7.99. The fourth-order valence-electron chi connectivity index (χ4n) is 2.70. The van der Waals surface area contributed by atoms with Gasteiger partial charge in [-0.1, -0.05) is 29.1 Å². The molecule has 146 valence electrons. The van der Waals surface area contributed by atoms with Crippen LogP contribution in [0.4, 0.5) is 13.2 Å². The molecule has 0 unspecified atom stereocenters. The summed E-state index contributed by atoms with van der Waals surface area (Å²) >= 11 is 1.33. The van der Waals surface area contributed by atoms with Crippen LogP contribution >= 0.6 is 11.8 Å². The van der Waals surface area contributed by atoms with E-state index in [1.807, 2.05) is 37.3 Å². The van der Waals surface area contributed by atoms with Crippen molar-refractivity contribution >= 4 is 11.8 Å². The molecule has 0 radical (unpaired) electrons. The topological polar surface area (TPSA) is 51.8 Å². The Morgan fingerprint density at radius 1 is 0.966 bits per heavy atom. The second-order valence-corrected chi connectivity index (χ2v) is 7.41. The Bertz CT molecular complexity index is 1140. The fourth-order valence-corrected chi connectivity index (χ4v) is 3.64. The molecule has 0 aliphatic heterocycles. The molecular weight excluding hydrogens is 399 g/mol. The monoisotopic (exact) mass is 413 g/mol. The lowest BCUT2D eigenvalue weighted by Gasteiger charge is -2.08. The second kappa shape index (κ2) is 7.71. The molecule has 0 amide bonds. The molecule has 2 heterocycles. The van der Waals surface area contributed by atoms with Crippen molar-refractivity contribution in [2.24, 2.45) is 0 Å². The van der Waals surface area contributed by atoms with Crippen LogP contribution in [0.5, 0.6) is 0 Å². The average Bonchev–Trinajstić information content (AvgIpc) is 3.18. The third-order valence-corrected chi connectivity index (χ3v) is 5.17. The van der Waals surface area contributed by atoms with E-state index in [1.165, 1.54) is 23.9 Å². The number of halogens is 3. The largest absolute Gasteiger partial charge is 0.416 e. The minimum atomic E-state index is -4.36. The van der Waals surface area contributed by atoms with Crippen LogP contribution in [0, 0.1) is 6.92 Å². The van der Waals surface area contributed by atoms with Crippen molar-refractivity contribution in [3.8, 4) is 22.8 Å². The van der Waals surface area contributed by atoms with Crippen LogP contribution in [0.3, 0.4) is 0 Å². The Hall–Kier alpha value is -3.13. The highest BCUT2D eigenvalue weighted by atomic mass is 32.2. The number of rotatable bonds is 4. The standard InChI is InChI=1S/C21H14F3N3OS/c1-13-10-14(12-25-11-13)19-26-20(28-27-19)17-4-2-3-5-18(17)29-16-8-6-15(7-9-16)21(22,23)24/h2-12H,1H3. The van der Waals surface area contributed by atoms with Gasteiger partial charge in [-0.3, -0.25) is 4.98 Å². The number of aromatic nitrogens is 3. The third-order valence-electron chi connectivity index (χ3n) is 4.09. The van der Waals surface area contributed by atoms with Crippen LogP contribution in [-0.4, -0.2) is 15.1 Å². The molecule has 0 bridgehead atoms. The molecule has 0 saturated carbocycles. The lowest BCUT2D eigenvalue weighted by molar-refractivity contribution is -0.137. The maximum Gasteiger partial charge on any atom is 0.416 e. The molecule has 0 atom stereocenters. The molecule has 4 aromatic rings.